The van der Waals surface area contributed by atoms with E-state index in [4.69, 9.17) is 4.98 Å². The van der Waals surface area contributed by atoms with Gasteiger partial charge in [0, 0.05) is 28.8 Å². The third-order valence-corrected chi connectivity index (χ3v) is 7.95. The molecule has 0 amide bonds. The summed E-state index contributed by atoms with van der Waals surface area (Å²) < 4.78 is 2.21. The zero-order chi connectivity index (χ0) is 24.9. The Labute approximate surface area is 210 Å². The molecule has 5 nitrogen and oxygen atoms in total. The van der Waals surface area contributed by atoms with E-state index in [1.165, 1.54) is 5.56 Å². The van der Waals surface area contributed by atoms with E-state index in [0.29, 0.717) is 0 Å². The normalized spacial score (nSPS) is 22.8. The van der Waals surface area contributed by atoms with E-state index in [0.717, 1.165) is 46.9 Å². The molecular weight excluding hydrogens is 444 g/mol. The molecule has 0 bridgehead atoms. The van der Waals surface area contributed by atoms with Crippen LogP contribution in [0.3, 0.4) is 0 Å². The molecule has 36 heavy (non-hydrogen) atoms. The van der Waals surface area contributed by atoms with Crippen molar-refractivity contribution in [3.05, 3.63) is 102 Å². The molecule has 2 aliphatic rings. The van der Waals surface area contributed by atoms with E-state index in [2.05, 4.69) is 65.0 Å². The number of carbonyl (C=O) groups excluding carboxylic acids is 1. The molecule has 2 aromatic carbocycles. The van der Waals surface area contributed by atoms with Crippen LogP contribution in [-0.2, 0) is 16.6 Å². The number of pyridine rings is 1. The number of carbonyl (C=O) groups is 1. The number of nitrogens with zero attached hydrogens (tertiary/aromatic N) is 4. The predicted octanol–water partition coefficient (Wildman–Crippen LogP) is 6.09. The monoisotopic (exact) mass is 470 g/mol. The Morgan fingerprint density at radius 3 is 2.42 bits per heavy atom. The van der Waals surface area contributed by atoms with Crippen molar-refractivity contribution in [3.63, 3.8) is 0 Å². The Bertz CT molecular complexity index is 1530. The molecule has 176 valence electrons. The fourth-order valence-electron chi connectivity index (χ4n) is 6.11. The number of imidazole rings is 1. The van der Waals surface area contributed by atoms with Crippen molar-refractivity contribution in [2.24, 2.45) is 11.8 Å². The summed E-state index contributed by atoms with van der Waals surface area (Å²) in [7, 11) is 0. The number of rotatable bonds is 3. The maximum absolute atomic E-state index is 12.8. The van der Waals surface area contributed by atoms with E-state index >= 15 is 0 Å². The van der Waals surface area contributed by atoms with E-state index in [-0.39, 0.29) is 23.2 Å². The molecule has 5 heteroatoms. The molecule has 0 saturated carbocycles. The standard InChI is InChI=1S/C31H26N4O/c1-20-26-14-15-27-29(31(26,2)17-24(18-32)28(20)36)34-30(35(27)25-9-6-16-33-19-25)23-12-10-22(11-13-23)21-7-4-3-5-8-21/h3-13,16-17,19-20,26H,14-15H2,1-2H3/t20-,26-,31-/m1/s1. The summed E-state index contributed by atoms with van der Waals surface area (Å²) in [5.41, 5.74) is 6.13. The van der Waals surface area contributed by atoms with Crippen LogP contribution in [0.1, 0.15) is 31.7 Å². The molecule has 2 aromatic heterocycles. The van der Waals surface area contributed by atoms with Gasteiger partial charge in [0.2, 0.25) is 0 Å². The van der Waals surface area contributed by atoms with Crippen LogP contribution in [0, 0.1) is 23.2 Å². The van der Waals surface area contributed by atoms with E-state index in [9.17, 15) is 10.1 Å². The van der Waals surface area contributed by atoms with Gasteiger partial charge in [0.1, 0.15) is 11.9 Å². The number of hydrogen-bond donors (Lipinski definition) is 0. The number of aromatic nitrogens is 3. The number of nitriles is 1. The van der Waals surface area contributed by atoms with E-state index < -0.39 is 5.41 Å². The van der Waals surface area contributed by atoms with Crippen molar-refractivity contribution in [2.75, 3.05) is 0 Å². The summed E-state index contributed by atoms with van der Waals surface area (Å²) in [6.07, 6.45) is 7.19. The van der Waals surface area contributed by atoms with Gasteiger partial charge in [0.25, 0.3) is 0 Å². The molecule has 0 radical (unpaired) electrons. The first-order valence-corrected chi connectivity index (χ1v) is 12.4. The molecule has 0 spiro atoms. The average Bonchev–Trinajstić information content (AvgIpc) is 3.33. The van der Waals surface area contributed by atoms with Crippen LogP contribution in [0.5, 0.6) is 0 Å². The molecule has 4 aromatic rings. The Morgan fingerprint density at radius 1 is 1.00 bits per heavy atom. The van der Waals surface area contributed by atoms with Crippen molar-refractivity contribution < 1.29 is 4.79 Å². The molecule has 0 fully saturated rings. The van der Waals surface area contributed by atoms with E-state index in [1.807, 2.05) is 43.5 Å². The van der Waals surface area contributed by atoms with Crippen LogP contribution in [0.2, 0.25) is 0 Å². The second kappa shape index (κ2) is 8.42. The topological polar surface area (TPSA) is 71.6 Å². The van der Waals surface area contributed by atoms with Gasteiger partial charge in [0.15, 0.2) is 5.78 Å². The average molecular weight is 471 g/mol. The van der Waals surface area contributed by atoms with Crippen LogP contribution in [0.4, 0.5) is 0 Å². The lowest BCUT2D eigenvalue weighted by molar-refractivity contribution is -0.121. The van der Waals surface area contributed by atoms with Crippen LogP contribution in [0.25, 0.3) is 28.2 Å². The Kier molecular flexibility index (Phi) is 5.19. The summed E-state index contributed by atoms with van der Waals surface area (Å²) in [5.74, 6) is 0.706. The van der Waals surface area contributed by atoms with Crippen molar-refractivity contribution in [1.29, 1.82) is 5.26 Å². The number of benzene rings is 2. The number of hydrogen-bond acceptors (Lipinski definition) is 4. The van der Waals surface area contributed by atoms with Crippen molar-refractivity contribution in [3.8, 4) is 34.3 Å². The molecule has 6 rings (SSSR count). The third-order valence-electron chi connectivity index (χ3n) is 7.95. The lowest BCUT2D eigenvalue weighted by Gasteiger charge is -2.44. The summed E-state index contributed by atoms with van der Waals surface area (Å²) in [4.78, 5) is 22.4. The first-order valence-electron chi connectivity index (χ1n) is 12.4. The second-order valence-corrected chi connectivity index (χ2v) is 9.97. The SMILES string of the molecule is C[C@H]1C(=O)C(C#N)=C[C@@]2(C)c3nc(-c4ccc(-c5ccccc5)cc4)n(-c4cccnc4)c3CC[C@H]12. The van der Waals surface area contributed by atoms with Gasteiger partial charge < -0.3 is 0 Å². The number of ketones is 1. The highest BCUT2D eigenvalue weighted by Gasteiger charge is 2.50. The van der Waals surface area contributed by atoms with Crippen LogP contribution < -0.4 is 0 Å². The molecule has 0 unspecified atom stereocenters. The predicted molar refractivity (Wildman–Crippen MR) is 139 cm³/mol. The Morgan fingerprint density at radius 2 is 1.72 bits per heavy atom. The molecule has 0 aliphatic heterocycles. The van der Waals surface area contributed by atoms with Gasteiger partial charge >= 0.3 is 0 Å². The van der Waals surface area contributed by atoms with Crippen LogP contribution in [0.15, 0.2) is 90.8 Å². The first-order chi connectivity index (χ1) is 17.5. The highest BCUT2D eigenvalue weighted by atomic mass is 16.1. The molecule has 0 N–H and O–H groups in total. The number of Topliss-reactive ketones (excluding diaryl/α,β-unsaturated/α-hetero) is 1. The zero-order valence-electron chi connectivity index (χ0n) is 20.3. The summed E-state index contributed by atoms with van der Waals surface area (Å²) in [6, 6.07) is 25.0. The van der Waals surface area contributed by atoms with Crippen LogP contribution in [-0.4, -0.2) is 20.3 Å². The van der Waals surface area contributed by atoms with Gasteiger partial charge in [-0.3, -0.25) is 14.3 Å². The minimum atomic E-state index is -0.488. The van der Waals surface area contributed by atoms with Crippen molar-refractivity contribution >= 4 is 5.78 Å². The van der Waals surface area contributed by atoms with Gasteiger partial charge in [-0.15, -0.1) is 0 Å². The van der Waals surface area contributed by atoms with Gasteiger partial charge in [-0.2, -0.15) is 5.26 Å². The van der Waals surface area contributed by atoms with Crippen molar-refractivity contribution in [1.82, 2.24) is 14.5 Å². The first kappa shape index (κ1) is 22.2. The summed E-state index contributed by atoms with van der Waals surface area (Å²) >= 11 is 0. The summed E-state index contributed by atoms with van der Waals surface area (Å²) in [6.45, 7) is 4.10. The fraction of sp³-hybridized carbons (Fsp3) is 0.226. The lowest BCUT2D eigenvalue weighted by Crippen LogP contribution is -2.45. The Hall–Kier alpha value is -4.30. The zero-order valence-corrected chi connectivity index (χ0v) is 20.3. The highest BCUT2D eigenvalue weighted by molar-refractivity contribution is 6.02. The minimum absolute atomic E-state index is 0.0492. The maximum Gasteiger partial charge on any atom is 0.176 e. The maximum atomic E-state index is 12.8. The largest absolute Gasteiger partial charge is 0.295 e. The fourth-order valence-corrected chi connectivity index (χ4v) is 6.11. The molecule has 2 heterocycles. The van der Waals surface area contributed by atoms with Gasteiger partial charge in [-0.05, 0) is 42.0 Å². The van der Waals surface area contributed by atoms with Crippen LogP contribution >= 0.6 is 0 Å². The van der Waals surface area contributed by atoms with E-state index in [1.54, 1.807) is 6.20 Å². The molecular formula is C31H26N4O. The second-order valence-electron chi connectivity index (χ2n) is 9.97. The molecule has 0 saturated heterocycles. The lowest BCUT2D eigenvalue weighted by atomic mass is 9.58. The summed E-state index contributed by atoms with van der Waals surface area (Å²) in [5, 5.41) is 9.69. The number of allylic oxidation sites excluding steroid dienone is 2. The molecule has 3 atom stereocenters. The van der Waals surface area contributed by atoms with Gasteiger partial charge in [-0.25, -0.2) is 4.98 Å². The Balaban J connectivity index is 1.55. The van der Waals surface area contributed by atoms with Gasteiger partial charge in [0.05, 0.1) is 23.2 Å². The third kappa shape index (κ3) is 3.33. The number of fused-ring (bicyclic) bond motifs is 3. The smallest absolute Gasteiger partial charge is 0.176 e. The van der Waals surface area contributed by atoms with Crippen molar-refractivity contribution in [2.45, 2.75) is 32.1 Å². The highest BCUT2D eigenvalue weighted by Crippen LogP contribution is 2.50. The van der Waals surface area contributed by atoms with Gasteiger partial charge in [-0.1, -0.05) is 74.5 Å². The minimum Gasteiger partial charge on any atom is -0.295 e. The quantitative estimate of drug-likeness (QED) is 0.363. The molecule has 2 aliphatic carbocycles.